The quantitative estimate of drug-likeness (QED) is 0.145. The molecule has 0 fully saturated rings. The van der Waals surface area contributed by atoms with Crippen LogP contribution in [0.1, 0.15) is 36.1 Å². The van der Waals surface area contributed by atoms with Gasteiger partial charge in [0, 0.05) is 11.1 Å². The Kier molecular flexibility index (Phi) is 10.3. The lowest BCUT2D eigenvalue weighted by Gasteiger charge is -2.21. The average Bonchev–Trinajstić information content (AvgIpc) is 3.64. The van der Waals surface area contributed by atoms with Crippen LogP contribution in [0, 0.1) is 0 Å². The van der Waals surface area contributed by atoms with Crippen molar-refractivity contribution in [3.8, 4) is 22.6 Å². The third-order valence-corrected chi connectivity index (χ3v) is 8.23. The standard InChI is InChI=1S/C34H27Cl2NO4.C6H6/c1-3-17-38-21(2)27-18-23-13-7-9-15-25(23)30(32(27)40-35)31-26-16-10-8-14-24(26)19-28(33(31)41-36)34-37-29(20-39-34)22-11-5-4-6-12-22;1-2-4-6-5-3-1/h4-16,18-19,29H,2-3,17,20H2,1H3;1-6H. The number of halogens is 2. The zero-order chi connectivity index (χ0) is 32.6. The van der Waals surface area contributed by atoms with Crippen molar-refractivity contribution >= 4 is 56.9 Å². The van der Waals surface area contributed by atoms with Gasteiger partial charge in [0.05, 0.1) is 17.7 Å². The maximum Gasteiger partial charge on any atom is 0.220 e. The fraction of sp³-hybridized carbons (Fsp3) is 0.125. The van der Waals surface area contributed by atoms with Crippen LogP contribution in [-0.2, 0) is 9.47 Å². The molecule has 5 nitrogen and oxygen atoms in total. The Bertz CT molecular complexity index is 2000. The Morgan fingerprint density at radius 2 is 1.28 bits per heavy atom. The van der Waals surface area contributed by atoms with Crippen molar-refractivity contribution in [1.82, 2.24) is 0 Å². The summed E-state index contributed by atoms with van der Waals surface area (Å²) in [5, 5.41) is 3.68. The van der Waals surface area contributed by atoms with Crippen molar-refractivity contribution in [3.05, 3.63) is 151 Å². The molecule has 0 bridgehead atoms. The summed E-state index contributed by atoms with van der Waals surface area (Å²) in [5.74, 6) is 1.68. The van der Waals surface area contributed by atoms with E-state index in [1.54, 1.807) is 0 Å². The molecule has 7 heteroatoms. The molecule has 236 valence electrons. The third-order valence-electron chi connectivity index (χ3n) is 7.92. The summed E-state index contributed by atoms with van der Waals surface area (Å²) in [7, 11) is 0. The summed E-state index contributed by atoms with van der Waals surface area (Å²) in [5.41, 5.74) is 3.72. The monoisotopic (exact) mass is 661 g/mol. The molecule has 1 aliphatic heterocycles. The second kappa shape index (κ2) is 15.1. The summed E-state index contributed by atoms with van der Waals surface area (Å²) in [6, 6.07) is 41.8. The molecule has 1 aliphatic rings. The highest BCUT2D eigenvalue weighted by molar-refractivity contribution is 6.19. The van der Waals surface area contributed by atoms with Crippen LogP contribution in [0.15, 0.2) is 139 Å². The van der Waals surface area contributed by atoms with E-state index in [1.807, 2.05) is 134 Å². The van der Waals surface area contributed by atoms with Crippen LogP contribution in [0.5, 0.6) is 11.5 Å². The van der Waals surface area contributed by atoms with Crippen LogP contribution in [0.2, 0.25) is 0 Å². The predicted molar refractivity (Wildman–Crippen MR) is 193 cm³/mol. The van der Waals surface area contributed by atoms with Gasteiger partial charge in [0.2, 0.25) is 5.90 Å². The molecule has 0 aliphatic carbocycles. The first kappa shape index (κ1) is 32.0. The number of hydrogen-bond acceptors (Lipinski definition) is 5. The maximum atomic E-state index is 6.31. The van der Waals surface area contributed by atoms with Gasteiger partial charge in [0.1, 0.15) is 42.1 Å². The van der Waals surface area contributed by atoms with Gasteiger partial charge in [-0.3, -0.25) is 0 Å². The van der Waals surface area contributed by atoms with Crippen LogP contribution < -0.4 is 8.58 Å². The van der Waals surface area contributed by atoms with E-state index in [2.05, 4.69) is 6.58 Å². The number of fused-ring (bicyclic) bond motifs is 2. The van der Waals surface area contributed by atoms with Crippen LogP contribution in [0.25, 0.3) is 38.4 Å². The lowest BCUT2D eigenvalue weighted by Crippen LogP contribution is -2.05. The van der Waals surface area contributed by atoms with Crippen LogP contribution in [0.4, 0.5) is 0 Å². The van der Waals surface area contributed by atoms with Crippen molar-refractivity contribution < 1.29 is 18.1 Å². The number of benzene rings is 6. The first-order valence-electron chi connectivity index (χ1n) is 15.4. The maximum absolute atomic E-state index is 6.31. The Hall–Kier alpha value is -4.97. The lowest BCUT2D eigenvalue weighted by molar-refractivity contribution is 0.277. The fourth-order valence-corrected chi connectivity index (χ4v) is 6.06. The highest BCUT2D eigenvalue weighted by atomic mass is 35.5. The molecule has 0 saturated carbocycles. The van der Waals surface area contributed by atoms with Crippen molar-refractivity contribution in [3.63, 3.8) is 0 Å². The number of hydrogen-bond donors (Lipinski definition) is 0. The smallest absolute Gasteiger partial charge is 0.220 e. The molecular formula is C40H33Cl2NO4. The molecule has 1 unspecified atom stereocenters. The first-order valence-corrected chi connectivity index (χ1v) is 16.0. The van der Waals surface area contributed by atoms with Gasteiger partial charge < -0.3 is 18.1 Å². The summed E-state index contributed by atoms with van der Waals surface area (Å²) >= 11 is 12.6. The normalized spacial score (nSPS) is 13.7. The van der Waals surface area contributed by atoms with E-state index in [0.717, 1.165) is 33.5 Å². The molecule has 7 rings (SSSR count). The first-order chi connectivity index (χ1) is 23.1. The van der Waals surface area contributed by atoms with Gasteiger partial charge >= 0.3 is 0 Å². The molecule has 6 aromatic carbocycles. The Morgan fingerprint density at radius 3 is 1.87 bits per heavy atom. The number of ether oxygens (including phenoxy) is 2. The molecule has 0 N–H and O–H groups in total. The van der Waals surface area contributed by atoms with Gasteiger partial charge in [0.15, 0.2) is 11.5 Å². The van der Waals surface area contributed by atoms with E-state index in [1.165, 1.54) is 0 Å². The molecular weight excluding hydrogens is 629 g/mol. The molecule has 0 aromatic heterocycles. The third kappa shape index (κ3) is 6.78. The number of nitrogens with zero attached hydrogens (tertiary/aromatic N) is 1. The summed E-state index contributed by atoms with van der Waals surface area (Å²) < 4.78 is 23.4. The van der Waals surface area contributed by atoms with Crippen molar-refractivity contribution in [2.24, 2.45) is 4.99 Å². The minimum atomic E-state index is -0.144. The molecule has 1 heterocycles. The average molecular weight is 663 g/mol. The Balaban J connectivity index is 0.000000580. The largest absolute Gasteiger partial charge is 0.493 e. The Labute approximate surface area is 284 Å². The van der Waals surface area contributed by atoms with Crippen molar-refractivity contribution in [2.75, 3.05) is 13.2 Å². The van der Waals surface area contributed by atoms with Gasteiger partial charge in [-0.2, -0.15) is 0 Å². The summed E-state index contributed by atoms with van der Waals surface area (Å²) in [6.45, 7) is 7.14. The zero-order valence-electron chi connectivity index (χ0n) is 25.9. The van der Waals surface area contributed by atoms with E-state index in [9.17, 15) is 0 Å². The topological polar surface area (TPSA) is 49.3 Å². The predicted octanol–water partition coefficient (Wildman–Crippen LogP) is 11.3. The zero-order valence-corrected chi connectivity index (χ0v) is 27.4. The summed E-state index contributed by atoms with van der Waals surface area (Å²) in [6.07, 6.45) is 0.833. The molecule has 0 saturated heterocycles. The highest BCUT2D eigenvalue weighted by Crippen LogP contribution is 2.50. The lowest BCUT2D eigenvalue weighted by atomic mass is 9.88. The van der Waals surface area contributed by atoms with Crippen molar-refractivity contribution in [2.45, 2.75) is 19.4 Å². The highest BCUT2D eigenvalue weighted by Gasteiger charge is 2.30. The second-order valence-corrected chi connectivity index (χ2v) is 11.3. The van der Waals surface area contributed by atoms with Gasteiger partial charge in [-0.1, -0.05) is 129 Å². The van der Waals surface area contributed by atoms with Gasteiger partial charge in [-0.25, -0.2) is 4.99 Å². The number of rotatable bonds is 9. The SMILES string of the molecule is C=C(OCCC)c1cc2ccccc2c(-c2c(OCl)c(C3=NC(c4ccccc4)CO3)cc3ccccc23)c1OCl.c1ccccc1. The van der Waals surface area contributed by atoms with Crippen LogP contribution in [-0.4, -0.2) is 19.1 Å². The van der Waals surface area contributed by atoms with Gasteiger partial charge in [-0.15, -0.1) is 0 Å². The van der Waals surface area contributed by atoms with Crippen LogP contribution >= 0.6 is 23.7 Å². The second-order valence-electron chi connectivity index (χ2n) is 11.0. The van der Waals surface area contributed by atoms with E-state index >= 15 is 0 Å². The van der Waals surface area contributed by atoms with Crippen molar-refractivity contribution in [1.29, 1.82) is 0 Å². The molecule has 0 amide bonds. The number of aliphatic imine (C=N–C) groups is 1. The molecule has 0 spiro atoms. The minimum Gasteiger partial charge on any atom is -0.493 e. The van der Waals surface area contributed by atoms with E-state index in [0.29, 0.717) is 58.6 Å². The Morgan fingerprint density at radius 1 is 0.745 bits per heavy atom. The van der Waals surface area contributed by atoms with Crippen LogP contribution in [0.3, 0.4) is 0 Å². The van der Waals surface area contributed by atoms with E-state index in [-0.39, 0.29) is 6.04 Å². The fourth-order valence-electron chi connectivity index (χ4n) is 5.73. The van der Waals surface area contributed by atoms with Gasteiger partial charge in [-0.05, 0) is 45.7 Å². The minimum absolute atomic E-state index is 0.144. The molecule has 1 atom stereocenters. The molecule has 6 aromatic rings. The van der Waals surface area contributed by atoms with E-state index < -0.39 is 0 Å². The van der Waals surface area contributed by atoms with E-state index in [4.69, 9.17) is 46.8 Å². The molecule has 0 radical (unpaired) electrons. The summed E-state index contributed by atoms with van der Waals surface area (Å²) in [4.78, 5) is 4.93. The van der Waals surface area contributed by atoms with Gasteiger partial charge in [0.25, 0.3) is 0 Å². The molecule has 47 heavy (non-hydrogen) atoms.